The number of aryl methyl sites for hydroxylation is 1. The quantitative estimate of drug-likeness (QED) is 0.466. The van der Waals surface area contributed by atoms with Crippen molar-refractivity contribution in [3.05, 3.63) is 52.6 Å². The van der Waals surface area contributed by atoms with Gasteiger partial charge in [-0.3, -0.25) is 0 Å². The summed E-state index contributed by atoms with van der Waals surface area (Å²) in [5.74, 6) is 0. The van der Waals surface area contributed by atoms with E-state index < -0.39 is 0 Å². The number of hydrogen-bond acceptors (Lipinski definition) is 0. The maximum absolute atomic E-state index is 2.24. The minimum atomic E-state index is 0. The van der Waals surface area contributed by atoms with Crippen LogP contribution < -0.4 is 24.8 Å². The van der Waals surface area contributed by atoms with E-state index in [0.717, 1.165) is 0 Å². The average Bonchev–Trinajstić information content (AvgIpc) is 2.31. The predicted octanol–water partition coefficient (Wildman–Crippen LogP) is -2.38. The number of allylic oxidation sites excluding steroid dienone is 4. The molecule has 0 heterocycles. The second-order valence-corrected chi connectivity index (χ2v) is 3.42. The molecular formula is C13H13Cl2Zr. The number of rotatable bonds is 0. The number of halogens is 2. The molecule has 0 N–H and O–H groups in total. The molecule has 0 spiro atoms. The maximum Gasteiger partial charge on any atom is 3.00 e. The van der Waals surface area contributed by atoms with E-state index in [1.165, 1.54) is 22.3 Å². The van der Waals surface area contributed by atoms with Gasteiger partial charge in [-0.1, -0.05) is 32.1 Å². The summed E-state index contributed by atoms with van der Waals surface area (Å²) in [6.07, 6.45) is 12.6. The van der Waals surface area contributed by atoms with Gasteiger partial charge in [0.15, 0.2) is 0 Å². The summed E-state index contributed by atoms with van der Waals surface area (Å²) >= 11 is 0. The molecule has 0 unspecified atom stereocenters. The zero-order valence-electron chi connectivity index (χ0n) is 9.30. The summed E-state index contributed by atoms with van der Waals surface area (Å²) in [4.78, 5) is 0. The molecule has 3 heteroatoms. The van der Waals surface area contributed by atoms with E-state index in [1.54, 1.807) is 0 Å². The monoisotopic (exact) mass is 329 g/mol. The molecule has 0 aliphatic heterocycles. The molecule has 83 valence electrons. The van der Waals surface area contributed by atoms with Crippen LogP contribution >= 0.6 is 0 Å². The van der Waals surface area contributed by atoms with E-state index in [2.05, 4.69) is 56.4 Å². The van der Waals surface area contributed by atoms with E-state index >= 15 is 0 Å². The summed E-state index contributed by atoms with van der Waals surface area (Å²) in [6.45, 7) is 4.34. The summed E-state index contributed by atoms with van der Waals surface area (Å²) in [5, 5.41) is 0. The van der Waals surface area contributed by atoms with E-state index in [0.29, 0.717) is 0 Å². The van der Waals surface area contributed by atoms with Crippen LogP contribution in [0.5, 0.6) is 0 Å². The molecule has 1 aliphatic rings. The molecule has 1 aromatic carbocycles. The van der Waals surface area contributed by atoms with Crippen LogP contribution in [0.15, 0.2) is 30.4 Å². The van der Waals surface area contributed by atoms with Gasteiger partial charge in [-0.15, -0.1) is 41.0 Å². The molecule has 0 aromatic heterocycles. The topological polar surface area (TPSA) is 0 Å². The van der Waals surface area contributed by atoms with Gasteiger partial charge in [0.1, 0.15) is 0 Å². The molecule has 0 saturated carbocycles. The van der Waals surface area contributed by atoms with Gasteiger partial charge in [0, 0.05) is 0 Å². The van der Waals surface area contributed by atoms with Crippen molar-refractivity contribution in [3.8, 4) is 0 Å². The SMILES string of the molecule is Cc1[cH-]c2c(c1C)C=CC=CC=C2.[Cl-].[Cl-].[Zr+3]. The summed E-state index contributed by atoms with van der Waals surface area (Å²) in [7, 11) is 0. The molecule has 0 atom stereocenters. The van der Waals surface area contributed by atoms with Crippen molar-refractivity contribution in [3.63, 3.8) is 0 Å². The van der Waals surface area contributed by atoms with Crippen LogP contribution in [-0.2, 0) is 26.2 Å². The maximum atomic E-state index is 2.24. The third kappa shape index (κ3) is 3.80. The minimum absolute atomic E-state index is 0. The fourth-order valence-electron chi connectivity index (χ4n) is 1.65. The van der Waals surface area contributed by atoms with Crippen LogP contribution in [0, 0.1) is 13.8 Å². The van der Waals surface area contributed by atoms with Crippen LogP contribution in [0.2, 0.25) is 0 Å². The van der Waals surface area contributed by atoms with Crippen molar-refractivity contribution in [2.75, 3.05) is 0 Å². The number of hydrogen-bond donors (Lipinski definition) is 0. The third-order valence-electron chi connectivity index (χ3n) is 2.55. The Bertz CT molecular complexity index is 412. The first-order valence-corrected chi connectivity index (χ1v) is 4.57. The zero-order valence-corrected chi connectivity index (χ0v) is 13.3. The first-order valence-electron chi connectivity index (χ1n) is 4.57. The van der Waals surface area contributed by atoms with Crippen molar-refractivity contribution < 1.29 is 51.0 Å². The van der Waals surface area contributed by atoms with Crippen molar-refractivity contribution in [2.24, 2.45) is 0 Å². The average molecular weight is 331 g/mol. The second-order valence-electron chi connectivity index (χ2n) is 3.42. The molecule has 1 radical (unpaired) electrons. The largest absolute Gasteiger partial charge is 3.00 e. The van der Waals surface area contributed by atoms with Gasteiger partial charge < -0.3 is 24.8 Å². The summed E-state index contributed by atoms with van der Waals surface area (Å²) < 4.78 is 0. The molecule has 16 heavy (non-hydrogen) atoms. The van der Waals surface area contributed by atoms with Crippen molar-refractivity contribution in [2.45, 2.75) is 13.8 Å². The van der Waals surface area contributed by atoms with Gasteiger partial charge in [-0.05, 0) is 0 Å². The fourth-order valence-corrected chi connectivity index (χ4v) is 1.65. The molecule has 0 amide bonds. The Labute approximate surface area is 129 Å². The van der Waals surface area contributed by atoms with Crippen LogP contribution in [0.4, 0.5) is 0 Å². The van der Waals surface area contributed by atoms with Gasteiger partial charge in [-0.25, -0.2) is 0 Å². The van der Waals surface area contributed by atoms with Crippen molar-refractivity contribution in [1.82, 2.24) is 0 Å². The van der Waals surface area contributed by atoms with E-state index in [9.17, 15) is 0 Å². The minimum Gasteiger partial charge on any atom is -1.00 e. The van der Waals surface area contributed by atoms with Crippen molar-refractivity contribution in [1.29, 1.82) is 0 Å². The molecule has 0 nitrogen and oxygen atoms in total. The molecule has 0 fully saturated rings. The standard InChI is InChI=1S/C13H13.2ClH.Zr/c1-10-9-12-7-5-3-4-6-8-13(12)11(10)2;;;/h3-9H,1-2H3;2*1H;/q-1;;;+3/p-2. The smallest absolute Gasteiger partial charge is 1.00 e. The predicted molar refractivity (Wildman–Crippen MR) is 58.7 cm³/mol. The Kier molecular flexibility index (Phi) is 9.40. The second kappa shape index (κ2) is 8.17. The van der Waals surface area contributed by atoms with Gasteiger partial charge in [0.2, 0.25) is 0 Å². The van der Waals surface area contributed by atoms with Gasteiger partial charge in [0.05, 0.1) is 0 Å². The zero-order chi connectivity index (χ0) is 9.26. The van der Waals surface area contributed by atoms with Gasteiger partial charge in [-0.2, -0.15) is 5.56 Å². The van der Waals surface area contributed by atoms with Gasteiger partial charge >= 0.3 is 26.2 Å². The first-order chi connectivity index (χ1) is 6.29. The van der Waals surface area contributed by atoms with E-state index in [-0.39, 0.29) is 51.0 Å². The Morgan fingerprint density at radius 1 is 0.875 bits per heavy atom. The van der Waals surface area contributed by atoms with E-state index in [1.807, 2.05) is 0 Å². The fraction of sp³-hybridized carbons (Fsp3) is 0.154. The molecule has 1 aliphatic carbocycles. The Hall–Kier alpha value is 0.0331. The summed E-state index contributed by atoms with van der Waals surface area (Å²) in [6, 6.07) is 2.24. The Balaban J connectivity index is 0. The molecule has 0 saturated heterocycles. The van der Waals surface area contributed by atoms with Crippen LogP contribution in [0.1, 0.15) is 22.3 Å². The Morgan fingerprint density at radius 2 is 1.44 bits per heavy atom. The molecular weight excluding hydrogens is 318 g/mol. The first kappa shape index (κ1) is 18.4. The molecule has 0 bridgehead atoms. The summed E-state index contributed by atoms with van der Waals surface area (Å²) in [5.41, 5.74) is 5.46. The normalized spacial score (nSPS) is 11.4. The van der Waals surface area contributed by atoms with Crippen LogP contribution in [0.25, 0.3) is 12.2 Å². The van der Waals surface area contributed by atoms with Crippen LogP contribution in [0.3, 0.4) is 0 Å². The van der Waals surface area contributed by atoms with Crippen LogP contribution in [-0.4, -0.2) is 0 Å². The molecule has 1 aromatic rings. The third-order valence-corrected chi connectivity index (χ3v) is 2.55. The number of fused-ring (bicyclic) bond motifs is 1. The Morgan fingerprint density at radius 3 is 2.06 bits per heavy atom. The van der Waals surface area contributed by atoms with Crippen molar-refractivity contribution >= 4 is 12.2 Å². The molecule has 2 rings (SSSR count). The van der Waals surface area contributed by atoms with E-state index in [4.69, 9.17) is 0 Å². The van der Waals surface area contributed by atoms with Gasteiger partial charge in [0.25, 0.3) is 0 Å².